The predicted octanol–water partition coefficient (Wildman–Crippen LogP) is 3.01. The van der Waals surface area contributed by atoms with Gasteiger partial charge in [-0.05, 0) is 42.0 Å². The summed E-state index contributed by atoms with van der Waals surface area (Å²) in [6.45, 7) is 0.952. The number of amides is 2. The second-order valence-corrected chi connectivity index (χ2v) is 7.82. The molecule has 37 heavy (non-hydrogen) atoms. The van der Waals surface area contributed by atoms with Gasteiger partial charge in [-0.25, -0.2) is 0 Å². The molecule has 12 heteroatoms. The molecule has 0 spiro atoms. The summed E-state index contributed by atoms with van der Waals surface area (Å²) in [6.07, 6.45) is -2.24. The van der Waals surface area contributed by atoms with Crippen LogP contribution in [-0.2, 0) is 11.3 Å². The molecule has 2 aromatic carbocycles. The SMILES string of the molecule is O=C(NCCOCCO)c1cc(CNc2ccccc2C(=O)Nc2ccc3c(c2)OC(F)(F)O3)ccn1. The van der Waals surface area contributed by atoms with E-state index in [1.807, 2.05) is 0 Å². The van der Waals surface area contributed by atoms with E-state index in [1.54, 1.807) is 36.4 Å². The van der Waals surface area contributed by atoms with Crippen molar-refractivity contribution in [2.24, 2.45) is 0 Å². The Labute approximate surface area is 210 Å². The van der Waals surface area contributed by atoms with Gasteiger partial charge in [0.1, 0.15) is 5.69 Å². The van der Waals surface area contributed by atoms with Crippen LogP contribution in [0.3, 0.4) is 0 Å². The molecule has 3 aromatic rings. The van der Waals surface area contributed by atoms with E-state index in [4.69, 9.17) is 9.84 Å². The number of hydrogen-bond acceptors (Lipinski definition) is 8. The van der Waals surface area contributed by atoms with Gasteiger partial charge in [-0.15, -0.1) is 8.78 Å². The van der Waals surface area contributed by atoms with E-state index in [9.17, 15) is 18.4 Å². The van der Waals surface area contributed by atoms with Crippen LogP contribution in [0.25, 0.3) is 0 Å². The highest BCUT2D eigenvalue weighted by Crippen LogP contribution is 2.42. The lowest BCUT2D eigenvalue weighted by Gasteiger charge is -2.13. The van der Waals surface area contributed by atoms with Gasteiger partial charge in [0, 0.05) is 36.7 Å². The van der Waals surface area contributed by atoms with E-state index in [0.717, 1.165) is 5.56 Å². The number of aromatic nitrogens is 1. The number of carbonyl (C=O) groups excluding carboxylic acids is 2. The zero-order chi connectivity index (χ0) is 26.3. The predicted molar refractivity (Wildman–Crippen MR) is 129 cm³/mol. The second kappa shape index (κ2) is 11.6. The lowest BCUT2D eigenvalue weighted by molar-refractivity contribution is -0.286. The van der Waals surface area contributed by atoms with Crippen LogP contribution in [0.2, 0.25) is 0 Å². The summed E-state index contributed by atoms with van der Waals surface area (Å²) >= 11 is 0. The largest absolute Gasteiger partial charge is 0.586 e. The zero-order valence-electron chi connectivity index (χ0n) is 19.5. The minimum absolute atomic E-state index is 0.0880. The lowest BCUT2D eigenvalue weighted by atomic mass is 10.1. The Hall–Kier alpha value is -4.29. The van der Waals surface area contributed by atoms with Crippen molar-refractivity contribution < 1.29 is 37.7 Å². The number of para-hydroxylation sites is 1. The number of alkyl halides is 2. The van der Waals surface area contributed by atoms with Gasteiger partial charge >= 0.3 is 6.29 Å². The van der Waals surface area contributed by atoms with Crippen molar-refractivity contribution in [1.29, 1.82) is 0 Å². The summed E-state index contributed by atoms with van der Waals surface area (Å²) in [7, 11) is 0. The third-order valence-electron chi connectivity index (χ3n) is 5.14. The van der Waals surface area contributed by atoms with Crippen molar-refractivity contribution in [3.05, 3.63) is 77.6 Å². The number of hydrogen-bond donors (Lipinski definition) is 4. The molecule has 0 saturated carbocycles. The third-order valence-corrected chi connectivity index (χ3v) is 5.14. The van der Waals surface area contributed by atoms with Crippen molar-refractivity contribution in [2.75, 3.05) is 37.0 Å². The zero-order valence-corrected chi connectivity index (χ0v) is 19.5. The Balaban J connectivity index is 1.37. The number of halogens is 2. The van der Waals surface area contributed by atoms with E-state index in [-0.39, 0.29) is 55.2 Å². The van der Waals surface area contributed by atoms with Gasteiger partial charge in [-0.3, -0.25) is 14.6 Å². The number of carbonyl (C=O) groups is 2. The van der Waals surface area contributed by atoms with Crippen LogP contribution < -0.4 is 25.4 Å². The van der Waals surface area contributed by atoms with Gasteiger partial charge in [0.15, 0.2) is 11.5 Å². The van der Waals surface area contributed by atoms with Crippen LogP contribution in [0.1, 0.15) is 26.4 Å². The molecule has 0 aliphatic carbocycles. The van der Waals surface area contributed by atoms with Crippen molar-refractivity contribution in [3.63, 3.8) is 0 Å². The molecule has 0 saturated heterocycles. The minimum atomic E-state index is -3.75. The number of aliphatic hydroxyl groups is 1. The molecule has 0 radical (unpaired) electrons. The van der Waals surface area contributed by atoms with Gasteiger partial charge in [0.05, 0.1) is 25.4 Å². The van der Waals surface area contributed by atoms with Gasteiger partial charge in [0.2, 0.25) is 0 Å². The number of anilines is 2. The maximum absolute atomic E-state index is 13.3. The van der Waals surface area contributed by atoms with Crippen molar-refractivity contribution >= 4 is 23.2 Å². The van der Waals surface area contributed by atoms with Crippen LogP contribution in [0.4, 0.5) is 20.2 Å². The normalized spacial score (nSPS) is 13.2. The van der Waals surface area contributed by atoms with Crippen LogP contribution in [-0.4, -0.2) is 54.6 Å². The number of nitrogens with one attached hydrogen (secondary N) is 3. The van der Waals surface area contributed by atoms with Gasteiger partial charge in [-0.1, -0.05) is 12.1 Å². The van der Waals surface area contributed by atoms with E-state index in [1.165, 1.54) is 24.4 Å². The fourth-order valence-electron chi connectivity index (χ4n) is 3.46. The number of pyridine rings is 1. The fourth-order valence-corrected chi connectivity index (χ4v) is 3.46. The molecule has 1 aliphatic heterocycles. The number of ether oxygens (including phenoxy) is 3. The molecule has 1 aliphatic rings. The van der Waals surface area contributed by atoms with E-state index >= 15 is 0 Å². The van der Waals surface area contributed by atoms with Gasteiger partial charge < -0.3 is 35.3 Å². The average molecular weight is 514 g/mol. The highest BCUT2D eigenvalue weighted by molar-refractivity contribution is 6.08. The molecule has 2 amide bonds. The number of aliphatic hydroxyl groups excluding tert-OH is 1. The van der Waals surface area contributed by atoms with Crippen molar-refractivity contribution in [3.8, 4) is 11.5 Å². The Bertz CT molecular complexity index is 1270. The minimum Gasteiger partial charge on any atom is -0.395 e. The molecule has 4 N–H and O–H groups in total. The Kier molecular flexibility index (Phi) is 8.11. The van der Waals surface area contributed by atoms with E-state index in [2.05, 4.69) is 30.4 Å². The highest BCUT2D eigenvalue weighted by Gasteiger charge is 2.43. The molecule has 10 nitrogen and oxygen atoms in total. The van der Waals surface area contributed by atoms with Crippen molar-refractivity contribution in [1.82, 2.24) is 10.3 Å². The summed E-state index contributed by atoms with van der Waals surface area (Å²) in [5, 5.41) is 17.2. The molecule has 1 aromatic heterocycles. The number of benzene rings is 2. The van der Waals surface area contributed by atoms with Gasteiger partial charge in [0.25, 0.3) is 11.8 Å². The molecule has 4 rings (SSSR count). The molecule has 0 unspecified atom stereocenters. The molecular weight excluding hydrogens is 490 g/mol. The summed E-state index contributed by atoms with van der Waals surface area (Å²) in [6, 6.07) is 14.1. The van der Waals surface area contributed by atoms with E-state index < -0.39 is 12.2 Å². The number of rotatable bonds is 11. The molecule has 0 bridgehead atoms. The first-order valence-electron chi connectivity index (χ1n) is 11.3. The van der Waals surface area contributed by atoms with Crippen LogP contribution in [0.15, 0.2) is 60.8 Å². The first kappa shape index (κ1) is 25.8. The summed E-state index contributed by atoms with van der Waals surface area (Å²) < 4.78 is 40.4. The molecule has 194 valence electrons. The van der Waals surface area contributed by atoms with Crippen LogP contribution >= 0.6 is 0 Å². The summed E-state index contributed by atoms with van der Waals surface area (Å²) in [5.74, 6) is -1.13. The smallest absolute Gasteiger partial charge is 0.395 e. The quantitative estimate of drug-likeness (QED) is 0.287. The standard InChI is InChI=1S/C25H24F2N4O6/c26-25(27)36-21-6-5-17(14-22(21)37-25)31-23(33)18-3-1-2-4-19(18)30-15-16-7-8-28-20(13-16)24(34)29-9-11-35-12-10-32/h1-8,13-14,30,32H,9-12,15H2,(H,29,34)(H,31,33). The molecule has 2 heterocycles. The molecule has 0 atom stereocenters. The van der Waals surface area contributed by atoms with Crippen molar-refractivity contribution in [2.45, 2.75) is 12.8 Å². The third kappa shape index (κ3) is 6.90. The molecular formula is C25H24F2N4O6. The first-order chi connectivity index (χ1) is 17.8. The lowest BCUT2D eigenvalue weighted by Crippen LogP contribution is -2.28. The summed E-state index contributed by atoms with van der Waals surface area (Å²) in [5.41, 5.74) is 2.08. The maximum Gasteiger partial charge on any atom is 0.586 e. The van der Waals surface area contributed by atoms with E-state index in [0.29, 0.717) is 17.8 Å². The number of fused-ring (bicyclic) bond motifs is 1. The van der Waals surface area contributed by atoms with Crippen LogP contribution in [0, 0.1) is 0 Å². The number of nitrogens with zero attached hydrogens (tertiary/aromatic N) is 1. The van der Waals surface area contributed by atoms with Crippen LogP contribution in [0.5, 0.6) is 11.5 Å². The topological polar surface area (TPSA) is 131 Å². The average Bonchev–Trinajstić information content (AvgIpc) is 3.20. The van der Waals surface area contributed by atoms with Gasteiger partial charge in [-0.2, -0.15) is 0 Å². The highest BCUT2D eigenvalue weighted by atomic mass is 19.3. The Morgan fingerprint density at radius 3 is 2.65 bits per heavy atom. The fraction of sp³-hybridized carbons (Fsp3) is 0.240. The Morgan fingerprint density at radius 1 is 1.00 bits per heavy atom. The molecule has 0 fully saturated rings. The summed E-state index contributed by atoms with van der Waals surface area (Å²) in [4.78, 5) is 29.3. The first-order valence-corrected chi connectivity index (χ1v) is 11.3. The Morgan fingerprint density at radius 2 is 1.81 bits per heavy atom. The maximum atomic E-state index is 13.3. The monoisotopic (exact) mass is 514 g/mol. The second-order valence-electron chi connectivity index (χ2n) is 7.82.